The number of rotatable bonds is 10. The fraction of sp³-hybridized carbons (Fsp3) is 0.0467. The van der Waals surface area contributed by atoms with E-state index in [1.54, 1.807) is 4.57 Å². The summed E-state index contributed by atoms with van der Waals surface area (Å²) in [5, 5.41) is -0.0330. The van der Waals surface area contributed by atoms with Crippen molar-refractivity contribution in [3.63, 3.8) is 0 Å². The lowest BCUT2D eigenvalue weighted by atomic mass is 9.33. The second-order valence-electron chi connectivity index (χ2n) is 30.7. The summed E-state index contributed by atoms with van der Waals surface area (Å²) >= 11 is 0. The Labute approximate surface area is 659 Å². The Balaban J connectivity index is 0.954. The van der Waals surface area contributed by atoms with E-state index in [1.165, 1.54) is 44.5 Å². The van der Waals surface area contributed by atoms with Crippen molar-refractivity contribution in [1.82, 2.24) is 4.57 Å². The van der Waals surface area contributed by atoms with Gasteiger partial charge in [0.15, 0.2) is 0 Å². The first-order chi connectivity index (χ1) is 58.1. The summed E-state index contributed by atoms with van der Waals surface area (Å²) in [5.74, 6) is 0. The van der Waals surface area contributed by atoms with E-state index in [-0.39, 0.29) is 27.2 Å². The summed E-state index contributed by atoms with van der Waals surface area (Å²) in [7, 11) is 0. The van der Waals surface area contributed by atoms with Gasteiger partial charge in [-0.15, -0.1) is 0 Å². The smallest absolute Gasteiger partial charge is 0.252 e. The minimum Gasteiger partial charge on any atom is -0.310 e. The van der Waals surface area contributed by atoms with E-state index in [0.717, 1.165) is 134 Å². The highest BCUT2D eigenvalue weighted by Crippen LogP contribution is 2.65. The number of aromatic nitrogens is 1. The van der Waals surface area contributed by atoms with Crippen LogP contribution < -0.4 is 26.2 Å². The first-order valence-electron chi connectivity index (χ1n) is 42.3. The standard InChI is InChI=1S/C107H74BN3/c1-106(2,3)78-59-55-70(56-60-78)75-58-62-98-95(65-75)108-94-61-57-76(80-46-29-49-88-85-43-21-26-52-93(85)107(102(80)88)91-50-24-19-41-83(91)84-42-20-25-51-92(84)107)66-99(94)111(105-89(73-37-15-7-16-38-73)63-77(69-31-9-4-10-32-69)64-90(105)74-39-17-8-18-40-74)101-68-79(109-96-53-27-22-44-86(96)87-45-23-28-54-97(87)109)67-100(103(101)108)110(98)104-81(71-33-11-5-12-34-71)47-30-48-82(104)72-35-13-6-14-36-72/h4-68H,1-3H3/i22D,23D,27D,28D,44D,45D,53D,54D. The van der Waals surface area contributed by atoms with E-state index < -0.39 is 60.5 Å². The average molecular weight is 1420 g/mol. The van der Waals surface area contributed by atoms with Gasteiger partial charge in [0, 0.05) is 55.8 Å². The molecule has 2 aliphatic carbocycles. The molecule has 0 N–H and O–H groups in total. The van der Waals surface area contributed by atoms with Crippen molar-refractivity contribution in [1.29, 1.82) is 0 Å². The fourth-order valence-electron chi connectivity index (χ4n) is 19.0. The molecule has 4 heteroatoms. The molecule has 0 fully saturated rings. The molecule has 1 spiro atoms. The van der Waals surface area contributed by atoms with Gasteiger partial charge in [0.05, 0.1) is 44.5 Å². The second-order valence-corrected chi connectivity index (χ2v) is 30.7. The van der Waals surface area contributed by atoms with Gasteiger partial charge in [0.25, 0.3) is 6.71 Å². The van der Waals surface area contributed by atoms with Crippen molar-refractivity contribution in [2.24, 2.45) is 0 Å². The summed E-state index contributed by atoms with van der Waals surface area (Å²) < 4.78 is 80.1. The molecule has 18 aromatic rings. The third kappa shape index (κ3) is 9.80. The molecule has 4 aliphatic rings. The maximum Gasteiger partial charge on any atom is 0.252 e. The average Bonchev–Trinajstić information content (AvgIpc) is 1.60. The molecule has 2 aliphatic heterocycles. The zero-order valence-electron chi connectivity index (χ0n) is 69.3. The third-order valence-electron chi connectivity index (χ3n) is 23.8. The van der Waals surface area contributed by atoms with Gasteiger partial charge < -0.3 is 14.4 Å². The lowest BCUT2D eigenvalue weighted by molar-refractivity contribution is 0.590. The highest BCUT2D eigenvalue weighted by Gasteiger charge is 2.53. The van der Waals surface area contributed by atoms with Crippen molar-refractivity contribution in [3.8, 4) is 106 Å². The van der Waals surface area contributed by atoms with Crippen LogP contribution in [0.1, 0.15) is 59.6 Å². The molecule has 0 unspecified atom stereocenters. The van der Waals surface area contributed by atoms with Crippen LogP contribution in [0.2, 0.25) is 0 Å². The van der Waals surface area contributed by atoms with Gasteiger partial charge in [-0.25, -0.2) is 0 Å². The zero-order chi connectivity index (χ0) is 80.6. The predicted octanol–water partition coefficient (Wildman–Crippen LogP) is 26.2. The molecule has 3 nitrogen and oxygen atoms in total. The molecular weight excluding hydrogens is 1340 g/mol. The van der Waals surface area contributed by atoms with E-state index >= 15 is 0 Å². The van der Waals surface area contributed by atoms with Crippen LogP contribution in [0.4, 0.5) is 34.1 Å². The van der Waals surface area contributed by atoms with Crippen molar-refractivity contribution in [2.75, 3.05) is 9.80 Å². The number of fused-ring (bicyclic) bond motifs is 17. The Morgan fingerprint density at radius 1 is 0.288 bits per heavy atom. The Kier molecular flexibility index (Phi) is 12.8. The van der Waals surface area contributed by atoms with Crippen LogP contribution in [0, 0.1) is 0 Å². The Morgan fingerprint density at radius 2 is 0.694 bits per heavy atom. The topological polar surface area (TPSA) is 11.4 Å². The number of hydrogen-bond donors (Lipinski definition) is 0. The molecule has 0 saturated carbocycles. The van der Waals surface area contributed by atoms with Crippen molar-refractivity contribution >= 4 is 79.0 Å². The summed E-state index contributed by atoms with van der Waals surface area (Å²) in [6.07, 6.45) is 0. The quantitative estimate of drug-likeness (QED) is 0.126. The van der Waals surface area contributed by atoms with E-state index in [2.05, 4.69) is 364 Å². The maximum absolute atomic E-state index is 10.3. The van der Waals surface area contributed by atoms with Gasteiger partial charge in [-0.2, -0.15) is 0 Å². The molecule has 520 valence electrons. The molecule has 111 heavy (non-hydrogen) atoms. The first kappa shape index (κ1) is 56.5. The van der Waals surface area contributed by atoms with E-state index in [9.17, 15) is 11.0 Å². The molecule has 0 radical (unpaired) electrons. The maximum atomic E-state index is 10.3. The van der Waals surface area contributed by atoms with E-state index in [0.29, 0.717) is 5.69 Å². The van der Waals surface area contributed by atoms with Crippen LogP contribution in [0.25, 0.3) is 128 Å². The van der Waals surface area contributed by atoms with E-state index in [4.69, 9.17) is 0 Å². The highest BCUT2D eigenvalue weighted by molar-refractivity contribution is 7.00. The Bertz CT molecular complexity index is 7050. The molecule has 0 saturated heterocycles. The number of anilines is 6. The molecule has 1 aromatic heterocycles. The molecule has 0 bridgehead atoms. The lowest BCUT2D eigenvalue weighted by Gasteiger charge is -2.46. The molecular formula is C107H74BN3. The monoisotopic (exact) mass is 1420 g/mol. The van der Waals surface area contributed by atoms with Crippen LogP contribution >= 0.6 is 0 Å². The van der Waals surface area contributed by atoms with Crippen LogP contribution in [0.5, 0.6) is 0 Å². The molecule has 22 rings (SSSR count). The molecule has 0 atom stereocenters. The minimum absolute atomic E-state index is 0.0105. The van der Waals surface area contributed by atoms with E-state index in [1.807, 2.05) is 12.1 Å². The Morgan fingerprint density at radius 3 is 1.22 bits per heavy atom. The van der Waals surface area contributed by atoms with Gasteiger partial charge in [-0.05, 0) is 176 Å². The van der Waals surface area contributed by atoms with Gasteiger partial charge in [-0.3, -0.25) is 0 Å². The number of nitrogens with zero attached hydrogens (tertiary/aromatic N) is 3. The van der Waals surface area contributed by atoms with Crippen molar-refractivity contribution in [3.05, 3.63) is 422 Å². The Hall–Kier alpha value is -13.8. The predicted molar refractivity (Wildman–Crippen MR) is 468 cm³/mol. The van der Waals surface area contributed by atoms with Crippen LogP contribution in [-0.4, -0.2) is 11.3 Å². The lowest BCUT2D eigenvalue weighted by Crippen LogP contribution is -2.61. The number of para-hydroxylation sites is 3. The summed E-state index contributed by atoms with van der Waals surface area (Å²) in [6.45, 7) is 6.18. The molecule has 0 amide bonds. The number of hydrogen-bond acceptors (Lipinski definition) is 2. The fourth-order valence-corrected chi connectivity index (χ4v) is 19.0. The SMILES string of the molecule is [2H]c1c([2H])c([2H])c2c(c1[2H])c1c([2H])c([2H])c([2H])c([2H])c1n2-c1cc2c3c(c1)N(c1c(-c4ccccc4)cc(-c4ccccc4)cc1-c1ccccc1)c1cc(-c4cccc5c4C4(c6ccccc6-c6ccccc64)c4ccccc4-5)ccc1B3c1cc(-c3ccc(C(C)(C)C)cc3)ccc1N2c1c(-c2ccccc2)cccc1-c1ccccc1. The van der Waals surface area contributed by atoms with Gasteiger partial charge in [0.2, 0.25) is 0 Å². The van der Waals surface area contributed by atoms with Crippen LogP contribution in [0.3, 0.4) is 0 Å². The largest absolute Gasteiger partial charge is 0.310 e. The summed E-state index contributed by atoms with van der Waals surface area (Å²) in [4.78, 5) is 4.92. The van der Waals surface area contributed by atoms with Crippen LogP contribution in [0.15, 0.2) is 394 Å². The van der Waals surface area contributed by atoms with Gasteiger partial charge in [0.1, 0.15) is 0 Å². The molecule has 17 aromatic carbocycles. The van der Waals surface area contributed by atoms with Crippen molar-refractivity contribution < 1.29 is 11.0 Å². The third-order valence-corrected chi connectivity index (χ3v) is 23.8. The summed E-state index contributed by atoms with van der Waals surface area (Å²) in [6, 6.07) is 122. The van der Waals surface area contributed by atoms with Gasteiger partial charge in [-0.1, -0.05) is 366 Å². The zero-order valence-corrected chi connectivity index (χ0v) is 61.3. The minimum atomic E-state index is -0.731. The number of benzene rings is 17. The van der Waals surface area contributed by atoms with Crippen molar-refractivity contribution in [2.45, 2.75) is 31.6 Å². The normalized spacial score (nSPS) is 14.2. The van der Waals surface area contributed by atoms with Crippen LogP contribution in [-0.2, 0) is 10.8 Å². The van der Waals surface area contributed by atoms with Gasteiger partial charge >= 0.3 is 0 Å². The highest BCUT2D eigenvalue weighted by atomic mass is 15.2. The first-order valence-corrected chi connectivity index (χ1v) is 38.3. The summed E-state index contributed by atoms with van der Waals surface area (Å²) in [5.41, 5.74) is 32.0. The second kappa shape index (κ2) is 25.1. The molecule has 3 heterocycles.